The van der Waals surface area contributed by atoms with E-state index in [2.05, 4.69) is 15.2 Å². The number of halogens is 1. The molecule has 0 saturated heterocycles. The van der Waals surface area contributed by atoms with Gasteiger partial charge in [0.25, 0.3) is 15.9 Å². The number of nitrogens with one attached hydrogen (secondary N) is 2. The highest BCUT2D eigenvalue weighted by Gasteiger charge is 2.26. The van der Waals surface area contributed by atoms with Crippen LogP contribution in [0.25, 0.3) is 0 Å². The summed E-state index contributed by atoms with van der Waals surface area (Å²) in [5, 5.41) is 4.90. The van der Waals surface area contributed by atoms with E-state index in [4.69, 9.17) is 16.3 Å². The van der Waals surface area contributed by atoms with Gasteiger partial charge in [0, 0.05) is 28.3 Å². The van der Waals surface area contributed by atoms with Gasteiger partial charge in [-0.25, -0.2) is 13.8 Å². The van der Waals surface area contributed by atoms with Crippen molar-refractivity contribution in [3.05, 3.63) is 125 Å². The highest BCUT2D eigenvalue weighted by Crippen LogP contribution is 2.35. The third-order valence-electron chi connectivity index (χ3n) is 5.81. The number of ether oxygens (including phenoxy) is 1. The van der Waals surface area contributed by atoms with Crippen LogP contribution in [0.5, 0.6) is 5.75 Å². The first kappa shape index (κ1) is 24.5. The number of anilines is 1. The molecule has 5 rings (SSSR count). The summed E-state index contributed by atoms with van der Waals surface area (Å²) >= 11 is 5.87. The molecule has 37 heavy (non-hydrogen) atoms. The van der Waals surface area contributed by atoms with E-state index in [1.807, 2.05) is 54.6 Å². The molecule has 0 radical (unpaired) electrons. The van der Waals surface area contributed by atoms with Crippen LogP contribution in [-0.2, 0) is 10.0 Å². The number of amides is 1. The van der Waals surface area contributed by atoms with Gasteiger partial charge in [-0.15, -0.1) is 0 Å². The Bertz CT molecular complexity index is 1570. The molecule has 0 aliphatic carbocycles. The van der Waals surface area contributed by atoms with Gasteiger partial charge >= 0.3 is 0 Å². The summed E-state index contributed by atoms with van der Waals surface area (Å²) < 4.78 is 34.4. The maximum absolute atomic E-state index is 12.9. The second-order valence-corrected chi connectivity index (χ2v) is 10.5. The zero-order chi connectivity index (χ0) is 25.8. The lowest BCUT2D eigenvalue weighted by atomic mass is 9.96. The number of sulfonamides is 1. The van der Waals surface area contributed by atoms with Crippen LogP contribution in [-0.4, -0.2) is 20.0 Å². The Morgan fingerprint density at radius 1 is 0.892 bits per heavy atom. The summed E-state index contributed by atoms with van der Waals surface area (Å²) in [6.07, 6.45) is 0.208. The predicted octanol–water partition coefficient (Wildman–Crippen LogP) is 5.80. The fourth-order valence-electron chi connectivity index (χ4n) is 3.97. The Labute approximate surface area is 219 Å². The summed E-state index contributed by atoms with van der Waals surface area (Å²) in [5.41, 5.74) is 5.55. The molecule has 0 unspecified atom stereocenters. The number of rotatable bonds is 6. The van der Waals surface area contributed by atoms with Gasteiger partial charge < -0.3 is 4.74 Å². The average Bonchev–Trinajstić information content (AvgIpc) is 2.93. The van der Waals surface area contributed by atoms with Gasteiger partial charge in [0.1, 0.15) is 11.9 Å². The van der Waals surface area contributed by atoms with Crippen LogP contribution >= 0.6 is 11.6 Å². The second kappa shape index (κ2) is 10.5. The van der Waals surface area contributed by atoms with E-state index in [0.29, 0.717) is 28.6 Å². The first-order chi connectivity index (χ1) is 17.9. The number of benzene rings is 4. The summed E-state index contributed by atoms with van der Waals surface area (Å²) in [6, 6.07) is 29.3. The molecule has 7 nitrogen and oxygen atoms in total. The summed E-state index contributed by atoms with van der Waals surface area (Å²) in [6.45, 7) is 0. The molecule has 0 aromatic heterocycles. The minimum Gasteiger partial charge on any atom is -0.485 e. The number of nitrogens with zero attached hydrogens (tertiary/aromatic N) is 1. The van der Waals surface area contributed by atoms with Gasteiger partial charge in [0.15, 0.2) is 0 Å². The third-order valence-corrected chi connectivity index (χ3v) is 7.44. The molecule has 186 valence electrons. The van der Waals surface area contributed by atoms with Crippen molar-refractivity contribution in [2.75, 3.05) is 4.72 Å². The molecule has 1 atom stereocenters. The Balaban J connectivity index is 1.36. The van der Waals surface area contributed by atoms with Crippen LogP contribution in [0.4, 0.5) is 5.69 Å². The molecular formula is C28H22ClN3O4S. The quantitative estimate of drug-likeness (QED) is 0.307. The van der Waals surface area contributed by atoms with Gasteiger partial charge in [0.2, 0.25) is 0 Å². The van der Waals surface area contributed by atoms with E-state index >= 15 is 0 Å². The lowest BCUT2D eigenvalue weighted by Crippen LogP contribution is -2.25. The van der Waals surface area contributed by atoms with Crippen LogP contribution in [0.2, 0.25) is 5.02 Å². The lowest BCUT2D eigenvalue weighted by Gasteiger charge is -2.27. The minimum atomic E-state index is -3.92. The van der Waals surface area contributed by atoms with E-state index in [1.165, 1.54) is 24.3 Å². The van der Waals surface area contributed by atoms with Crippen LogP contribution in [0.1, 0.15) is 34.0 Å². The fraction of sp³-hybridized carbons (Fsp3) is 0.0714. The number of fused-ring (bicyclic) bond motifs is 1. The molecule has 4 aromatic carbocycles. The van der Waals surface area contributed by atoms with Gasteiger partial charge in [-0.05, 0) is 60.2 Å². The van der Waals surface area contributed by atoms with E-state index in [-0.39, 0.29) is 16.6 Å². The SMILES string of the molecule is O=C(N/N=C1\C[C@@H](c2ccccc2)Oc2ccccc21)c1cccc(S(=O)(=O)Nc2ccc(Cl)cc2)c1. The summed E-state index contributed by atoms with van der Waals surface area (Å²) in [7, 11) is -3.92. The molecule has 2 N–H and O–H groups in total. The maximum atomic E-state index is 12.9. The molecule has 1 heterocycles. The Kier molecular flexibility index (Phi) is 6.94. The van der Waals surface area contributed by atoms with Crippen molar-refractivity contribution in [1.29, 1.82) is 0 Å². The van der Waals surface area contributed by atoms with Gasteiger partial charge in [0.05, 0.1) is 10.6 Å². The average molecular weight is 532 g/mol. The molecule has 0 spiro atoms. The monoisotopic (exact) mass is 531 g/mol. The highest BCUT2D eigenvalue weighted by molar-refractivity contribution is 7.92. The largest absolute Gasteiger partial charge is 0.485 e. The van der Waals surface area contributed by atoms with Crippen molar-refractivity contribution in [3.63, 3.8) is 0 Å². The number of hydrogen-bond acceptors (Lipinski definition) is 5. The van der Waals surface area contributed by atoms with Gasteiger partial charge in [-0.3, -0.25) is 9.52 Å². The predicted molar refractivity (Wildman–Crippen MR) is 144 cm³/mol. The van der Waals surface area contributed by atoms with Crippen molar-refractivity contribution in [1.82, 2.24) is 5.43 Å². The zero-order valence-corrected chi connectivity index (χ0v) is 21.0. The number of hydrazone groups is 1. The third kappa shape index (κ3) is 5.66. The number of para-hydroxylation sites is 1. The van der Waals surface area contributed by atoms with E-state index in [1.54, 1.807) is 24.3 Å². The zero-order valence-electron chi connectivity index (χ0n) is 19.5. The van der Waals surface area contributed by atoms with Crippen molar-refractivity contribution >= 4 is 38.9 Å². The molecule has 9 heteroatoms. The van der Waals surface area contributed by atoms with Crippen molar-refractivity contribution in [2.45, 2.75) is 17.4 Å². The van der Waals surface area contributed by atoms with E-state index in [9.17, 15) is 13.2 Å². The van der Waals surface area contributed by atoms with Gasteiger partial charge in [-0.2, -0.15) is 5.10 Å². The summed E-state index contributed by atoms with van der Waals surface area (Å²) in [5.74, 6) is 0.147. The Morgan fingerprint density at radius 3 is 2.41 bits per heavy atom. The molecular weight excluding hydrogens is 510 g/mol. The fourth-order valence-corrected chi connectivity index (χ4v) is 5.20. The van der Waals surface area contributed by atoms with Crippen LogP contribution < -0.4 is 14.9 Å². The van der Waals surface area contributed by atoms with Crippen molar-refractivity contribution in [2.24, 2.45) is 5.10 Å². The Hall–Kier alpha value is -4.14. The number of carbonyl (C=O) groups is 1. The maximum Gasteiger partial charge on any atom is 0.271 e. The van der Waals surface area contributed by atoms with Crippen molar-refractivity contribution < 1.29 is 17.9 Å². The molecule has 0 saturated carbocycles. The first-order valence-corrected chi connectivity index (χ1v) is 13.3. The molecule has 0 bridgehead atoms. The van der Waals surface area contributed by atoms with Crippen molar-refractivity contribution in [3.8, 4) is 5.75 Å². The molecule has 1 aliphatic rings. The standard InChI is InChI=1S/C28H22ClN3O4S/c29-21-13-15-22(16-14-21)32-37(34,35)23-10-6-9-20(17-23)28(33)31-30-25-18-27(19-7-2-1-3-8-19)36-26-12-5-4-11-24(25)26/h1-17,27,32H,18H2,(H,31,33)/b30-25+/t27-/m0/s1. The molecule has 1 amide bonds. The van der Waals surface area contributed by atoms with Crippen LogP contribution in [0.3, 0.4) is 0 Å². The van der Waals surface area contributed by atoms with Gasteiger partial charge in [-0.1, -0.05) is 60.1 Å². The smallest absolute Gasteiger partial charge is 0.271 e. The number of carbonyl (C=O) groups excluding carboxylic acids is 1. The molecule has 4 aromatic rings. The molecule has 1 aliphatic heterocycles. The normalized spacial score (nSPS) is 15.9. The number of hydrogen-bond donors (Lipinski definition) is 2. The Morgan fingerprint density at radius 2 is 1.62 bits per heavy atom. The first-order valence-electron chi connectivity index (χ1n) is 11.5. The van der Waals surface area contributed by atoms with E-state index in [0.717, 1.165) is 11.1 Å². The minimum absolute atomic E-state index is 0.0525. The van der Waals surface area contributed by atoms with Crippen LogP contribution in [0.15, 0.2) is 113 Å². The van der Waals surface area contributed by atoms with E-state index < -0.39 is 15.9 Å². The molecule has 0 fully saturated rings. The second-order valence-electron chi connectivity index (χ2n) is 8.36. The lowest BCUT2D eigenvalue weighted by molar-refractivity contribution is 0.0954. The highest BCUT2D eigenvalue weighted by atomic mass is 35.5. The summed E-state index contributed by atoms with van der Waals surface area (Å²) in [4.78, 5) is 12.9. The van der Waals surface area contributed by atoms with Crippen LogP contribution in [0, 0.1) is 0 Å². The topological polar surface area (TPSA) is 96.9 Å².